The van der Waals surface area contributed by atoms with E-state index >= 15 is 0 Å². The van der Waals surface area contributed by atoms with E-state index in [1.54, 1.807) is 18.2 Å². The summed E-state index contributed by atoms with van der Waals surface area (Å²) in [5, 5.41) is 5.09. The van der Waals surface area contributed by atoms with Crippen LogP contribution in [0.25, 0.3) is 0 Å². The molecule has 27 heavy (non-hydrogen) atoms. The summed E-state index contributed by atoms with van der Waals surface area (Å²) >= 11 is 0. The fourth-order valence-electron chi connectivity index (χ4n) is 2.11. The van der Waals surface area contributed by atoms with Gasteiger partial charge in [-0.1, -0.05) is 17.9 Å². The summed E-state index contributed by atoms with van der Waals surface area (Å²) in [6, 6.07) is 9.03. The number of carbonyl (C=O) groups excluding carboxylic acids is 1. The van der Waals surface area contributed by atoms with E-state index < -0.39 is 17.8 Å². The molecule has 0 unspecified atom stereocenters. The van der Waals surface area contributed by atoms with E-state index in [-0.39, 0.29) is 12.1 Å². The zero-order valence-corrected chi connectivity index (χ0v) is 14.6. The minimum atomic E-state index is -4.42. The Morgan fingerprint density at radius 3 is 2.56 bits per heavy atom. The fourth-order valence-corrected chi connectivity index (χ4v) is 2.11. The van der Waals surface area contributed by atoms with Crippen LogP contribution in [0.4, 0.5) is 23.7 Å². The topological polar surface area (TPSA) is 59.6 Å². The lowest BCUT2D eigenvalue weighted by Gasteiger charge is -2.11. The number of hydrogen-bond donors (Lipinski definition) is 2. The largest absolute Gasteiger partial charge is 0.497 e. The molecular formula is C19H17F3N2O3. The maximum atomic E-state index is 12.6. The Morgan fingerprint density at radius 2 is 1.89 bits per heavy atom. The molecule has 0 atom stereocenters. The summed E-state index contributed by atoms with van der Waals surface area (Å²) in [7, 11) is 2.97. The minimum absolute atomic E-state index is 0.0411. The maximum Gasteiger partial charge on any atom is 0.416 e. The second-order valence-corrected chi connectivity index (χ2v) is 5.25. The van der Waals surface area contributed by atoms with E-state index in [2.05, 4.69) is 22.5 Å². The lowest BCUT2D eigenvalue weighted by atomic mass is 10.1. The lowest BCUT2D eigenvalue weighted by Crippen LogP contribution is -2.29. The average molecular weight is 378 g/mol. The Balaban J connectivity index is 1.93. The number of nitrogens with one attached hydrogen (secondary N) is 2. The van der Waals surface area contributed by atoms with Gasteiger partial charge in [0.1, 0.15) is 11.5 Å². The molecule has 0 spiro atoms. The normalized spacial score (nSPS) is 10.4. The van der Waals surface area contributed by atoms with Gasteiger partial charge in [0.2, 0.25) is 0 Å². The maximum absolute atomic E-state index is 12.6. The van der Waals surface area contributed by atoms with Crippen molar-refractivity contribution in [1.29, 1.82) is 0 Å². The van der Waals surface area contributed by atoms with Crippen LogP contribution in [0.1, 0.15) is 11.1 Å². The van der Waals surface area contributed by atoms with Crippen LogP contribution in [0.5, 0.6) is 11.5 Å². The van der Waals surface area contributed by atoms with Gasteiger partial charge in [0.15, 0.2) is 0 Å². The molecule has 2 N–H and O–H groups in total. The molecule has 0 radical (unpaired) electrons. The molecule has 0 aliphatic carbocycles. The average Bonchev–Trinajstić information content (AvgIpc) is 2.65. The van der Waals surface area contributed by atoms with Crippen molar-refractivity contribution < 1.29 is 27.4 Å². The first-order valence-corrected chi connectivity index (χ1v) is 7.76. The van der Waals surface area contributed by atoms with Crippen molar-refractivity contribution in [2.75, 3.05) is 26.1 Å². The van der Waals surface area contributed by atoms with Gasteiger partial charge in [-0.15, -0.1) is 0 Å². The van der Waals surface area contributed by atoms with Crippen molar-refractivity contribution in [2.24, 2.45) is 0 Å². The Hall–Kier alpha value is -3.34. The summed E-state index contributed by atoms with van der Waals surface area (Å²) < 4.78 is 48.2. The van der Waals surface area contributed by atoms with Crippen LogP contribution >= 0.6 is 0 Å². The molecule has 0 aromatic heterocycles. The smallest absolute Gasteiger partial charge is 0.416 e. The highest BCUT2D eigenvalue weighted by atomic mass is 19.4. The van der Waals surface area contributed by atoms with Crippen LogP contribution in [0.2, 0.25) is 0 Å². The van der Waals surface area contributed by atoms with E-state index in [1.165, 1.54) is 26.4 Å². The van der Waals surface area contributed by atoms with E-state index in [0.29, 0.717) is 17.2 Å². The van der Waals surface area contributed by atoms with Gasteiger partial charge in [0, 0.05) is 11.6 Å². The molecule has 0 saturated carbocycles. The number of alkyl halides is 3. The number of ether oxygens (including phenoxy) is 2. The second kappa shape index (κ2) is 8.85. The molecule has 2 aromatic carbocycles. The molecule has 0 saturated heterocycles. The van der Waals surface area contributed by atoms with E-state index in [9.17, 15) is 18.0 Å². The predicted molar refractivity (Wildman–Crippen MR) is 94.9 cm³/mol. The van der Waals surface area contributed by atoms with E-state index in [4.69, 9.17) is 9.47 Å². The van der Waals surface area contributed by atoms with Crippen molar-refractivity contribution in [2.45, 2.75) is 6.18 Å². The van der Waals surface area contributed by atoms with Gasteiger partial charge in [-0.05, 0) is 30.3 Å². The van der Waals surface area contributed by atoms with Crippen molar-refractivity contribution in [1.82, 2.24) is 5.32 Å². The fraction of sp³-hybridized carbons (Fsp3) is 0.211. The van der Waals surface area contributed by atoms with Crippen LogP contribution in [0, 0.1) is 11.8 Å². The van der Waals surface area contributed by atoms with Gasteiger partial charge in [0.05, 0.1) is 32.0 Å². The standard InChI is InChI=1S/C19H17F3N2O3/c1-26-15-8-9-16(17(12-15)27-2)24-18(25)23-10-4-6-13-5-3-7-14(11-13)19(20,21)22/h3,5,7-9,11-12H,10H2,1-2H3,(H2,23,24,25). The van der Waals surface area contributed by atoms with Crippen LogP contribution in [-0.4, -0.2) is 26.8 Å². The summed E-state index contributed by atoms with van der Waals surface area (Å²) in [5.74, 6) is 6.17. The van der Waals surface area contributed by atoms with Crippen molar-refractivity contribution >= 4 is 11.7 Å². The third kappa shape index (κ3) is 5.85. The number of anilines is 1. The molecular weight excluding hydrogens is 361 g/mol. The van der Waals surface area contributed by atoms with Gasteiger partial charge < -0.3 is 20.1 Å². The lowest BCUT2D eigenvalue weighted by molar-refractivity contribution is -0.137. The quantitative estimate of drug-likeness (QED) is 0.794. The number of carbonyl (C=O) groups is 1. The van der Waals surface area contributed by atoms with Gasteiger partial charge in [-0.25, -0.2) is 4.79 Å². The molecule has 0 bridgehead atoms. The monoisotopic (exact) mass is 378 g/mol. The number of benzene rings is 2. The Bertz CT molecular complexity index is 870. The van der Waals surface area contributed by atoms with Crippen LogP contribution in [0.3, 0.4) is 0 Å². The zero-order chi connectivity index (χ0) is 19.9. The highest BCUT2D eigenvalue weighted by molar-refractivity contribution is 5.91. The van der Waals surface area contributed by atoms with Gasteiger partial charge in [-0.2, -0.15) is 13.2 Å². The number of methoxy groups -OCH3 is 2. The van der Waals surface area contributed by atoms with Crippen molar-refractivity contribution in [3.63, 3.8) is 0 Å². The summed E-state index contributed by atoms with van der Waals surface area (Å²) in [4.78, 5) is 11.9. The third-order valence-corrected chi connectivity index (χ3v) is 3.42. The van der Waals surface area contributed by atoms with Gasteiger partial charge in [-0.3, -0.25) is 0 Å². The van der Waals surface area contributed by atoms with Crippen molar-refractivity contribution in [3.8, 4) is 23.3 Å². The van der Waals surface area contributed by atoms with Crippen LogP contribution < -0.4 is 20.1 Å². The SMILES string of the molecule is COc1ccc(NC(=O)NCC#Cc2cccc(C(F)(F)F)c2)c(OC)c1. The number of amides is 2. The zero-order valence-electron chi connectivity index (χ0n) is 14.6. The highest BCUT2D eigenvalue weighted by Gasteiger charge is 2.30. The Kier molecular flexibility index (Phi) is 6.55. The van der Waals surface area contributed by atoms with Crippen LogP contribution in [-0.2, 0) is 6.18 Å². The summed E-state index contributed by atoms with van der Waals surface area (Å²) in [6.07, 6.45) is -4.42. The van der Waals surface area contributed by atoms with Gasteiger partial charge >= 0.3 is 12.2 Å². The molecule has 0 heterocycles. The molecule has 0 aliphatic rings. The van der Waals surface area contributed by atoms with Gasteiger partial charge in [0.25, 0.3) is 0 Å². The number of hydrogen-bond acceptors (Lipinski definition) is 3. The number of urea groups is 1. The molecule has 8 heteroatoms. The first kappa shape index (κ1) is 20.0. The first-order valence-electron chi connectivity index (χ1n) is 7.76. The summed E-state index contributed by atoms with van der Waals surface area (Å²) in [6.45, 7) is -0.0411. The molecule has 2 rings (SSSR count). The third-order valence-electron chi connectivity index (χ3n) is 3.42. The number of halogens is 3. The van der Waals surface area contributed by atoms with Crippen LogP contribution in [0.15, 0.2) is 42.5 Å². The molecule has 2 aromatic rings. The molecule has 5 nitrogen and oxygen atoms in total. The molecule has 0 fully saturated rings. The number of rotatable bonds is 4. The molecule has 142 valence electrons. The molecule has 0 aliphatic heterocycles. The summed E-state index contributed by atoms with van der Waals surface area (Å²) in [5.41, 5.74) is -0.128. The predicted octanol–water partition coefficient (Wildman–Crippen LogP) is 3.90. The van der Waals surface area contributed by atoms with E-state index in [1.807, 2.05) is 0 Å². The highest BCUT2D eigenvalue weighted by Crippen LogP contribution is 2.30. The molecule has 2 amide bonds. The minimum Gasteiger partial charge on any atom is -0.497 e. The van der Waals surface area contributed by atoms with Crippen molar-refractivity contribution in [3.05, 3.63) is 53.6 Å². The Labute approximate surface area is 154 Å². The first-order chi connectivity index (χ1) is 12.8. The Morgan fingerprint density at radius 1 is 1.11 bits per heavy atom. The van der Waals surface area contributed by atoms with E-state index in [0.717, 1.165) is 12.1 Å². The second-order valence-electron chi connectivity index (χ2n) is 5.25.